The van der Waals surface area contributed by atoms with Crippen LogP contribution in [0.5, 0.6) is 0 Å². The lowest BCUT2D eigenvalue weighted by molar-refractivity contribution is 0.0950. The van der Waals surface area contributed by atoms with Crippen molar-refractivity contribution in [2.75, 3.05) is 5.73 Å². The molecule has 0 atom stereocenters. The molecule has 0 radical (unpaired) electrons. The van der Waals surface area contributed by atoms with E-state index in [1.807, 2.05) is 47.8 Å². The third-order valence-corrected chi connectivity index (χ3v) is 4.73. The highest BCUT2D eigenvalue weighted by molar-refractivity contribution is 7.13. The van der Waals surface area contributed by atoms with E-state index in [0.717, 1.165) is 10.4 Å². The van der Waals surface area contributed by atoms with E-state index >= 15 is 0 Å². The SMILES string of the molecule is CC(=NNC(=O)c1nnn(-c2nonc2N)c1-c1cccs1)c1ccccc1. The van der Waals surface area contributed by atoms with Crippen molar-refractivity contribution in [1.29, 1.82) is 0 Å². The van der Waals surface area contributed by atoms with Gasteiger partial charge in [-0.25, -0.2) is 10.1 Å². The summed E-state index contributed by atoms with van der Waals surface area (Å²) in [6, 6.07) is 13.2. The number of anilines is 1. The van der Waals surface area contributed by atoms with Crippen molar-refractivity contribution in [3.8, 4) is 16.4 Å². The molecule has 3 N–H and O–H groups in total. The van der Waals surface area contributed by atoms with Crippen molar-refractivity contribution in [2.24, 2.45) is 5.10 Å². The van der Waals surface area contributed by atoms with Crippen LogP contribution in [0.3, 0.4) is 0 Å². The molecule has 3 heterocycles. The number of nitrogens with one attached hydrogen (secondary N) is 1. The second-order valence-corrected chi connectivity index (χ2v) is 6.60. The van der Waals surface area contributed by atoms with E-state index < -0.39 is 5.91 Å². The molecule has 0 fully saturated rings. The fourth-order valence-electron chi connectivity index (χ4n) is 2.49. The monoisotopic (exact) mass is 394 g/mol. The summed E-state index contributed by atoms with van der Waals surface area (Å²) in [6.07, 6.45) is 0. The highest BCUT2D eigenvalue weighted by atomic mass is 32.1. The third-order valence-electron chi connectivity index (χ3n) is 3.85. The summed E-state index contributed by atoms with van der Waals surface area (Å²) in [6.45, 7) is 1.80. The normalized spacial score (nSPS) is 11.5. The fraction of sp³-hybridized carbons (Fsp3) is 0.0588. The van der Waals surface area contributed by atoms with Crippen LogP contribution in [-0.4, -0.2) is 36.9 Å². The number of rotatable bonds is 5. The number of carbonyl (C=O) groups is 1. The van der Waals surface area contributed by atoms with Crippen LogP contribution in [0.1, 0.15) is 23.0 Å². The first kappa shape index (κ1) is 17.5. The highest BCUT2D eigenvalue weighted by Gasteiger charge is 2.25. The quantitative estimate of drug-likeness (QED) is 0.390. The van der Waals surface area contributed by atoms with Crippen molar-refractivity contribution in [1.82, 2.24) is 30.7 Å². The van der Waals surface area contributed by atoms with Gasteiger partial charge in [0.1, 0.15) is 5.69 Å². The van der Waals surface area contributed by atoms with Crippen molar-refractivity contribution in [3.05, 3.63) is 59.1 Å². The lowest BCUT2D eigenvalue weighted by Crippen LogP contribution is -2.20. The molecule has 140 valence electrons. The summed E-state index contributed by atoms with van der Waals surface area (Å²) >= 11 is 1.41. The lowest BCUT2D eigenvalue weighted by Gasteiger charge is -2.04. The number of hydrazone groups is 1. The number of carbonyl (C=O) groups excluding carboxylic acids is 1. The van der Waals surface area contributed by atoms with E-state index in [9.17, 15) is 4.79 Å². The summed E-state index contributed by atoms with van der Waals surface area (Å²) in [5, 5.41) is 21.3. The molecule has 0 unspecified atom stereocenters. The number of hydrogen-bond acceptors (Lipinski definition) is 9. The van der Waals surface area contributed by atoms with Gasteiger partial charge in [-0.15, -0.1) is 16.4 Å². The van der Waals surface area contributed by atoms with Gasteiger partial charge in [-0.05, 0) is 34.2 Å². The van der Waals surface area contributed by atoms with Crippen LogP contribution in [0.2, 0.25) is 0 Å². The molecule has 4 aromatic rings. The van der Waals surface area contributed by atoms with Crippen LogP contribution in [-0.2, 0) is 0 Å². The molecule has 1 aromatic carbocycles. The predicted octanol–water partition coefficient (Wildman–Crippen LogP) is 2.11. The zero-order valence-electron chi connectivity index (χ0n) is 14.6. The molecule has 0 saturated carbocycles. The van der Waals surface area contributed by atoms with Gasteiger partial charge in [0, 0.05) is 0 Å². The van der Waals surface area contributed by atoms with Gasteiger partial charge in [-0.3, -0.25) is 4.79 Å². The number of amides is 1. The average Bonchev–Trinajstić information content (AvgIpc) is 3.46. The van der Waals surface area contributed by atoms with Gasteiger partial charge in [-0.2, -0.15) is 9.78 Å². The molecule has 1 amide bonds. The van der Waals surface area contributed by atoms with Crippen molar-refractivity contribution >= 4 is 28.8 Å². The van der Waals surface area contributed by atoms with Crippen LogP contribution in [0, 0.1) is 0 Å². The molecule has 10 nitrogen and oxygen atoms in total. The summed E-state index contributed by atoms with van der Waals surface area (Å²) in [7, 11) is 0. The molecule has 0 saturated heterocycles. The smallest absolute Gasteiger partial charge is 0.294 e. The first-order chi connectivity index (χ1) is 13.6. The molecule has 0 aliphatic rings. The molecule has 28 heavy (non-hydrogen) atoms. The largest absolute Gasteiger partial charge is 0.378 e. The van der Waals surface area contributed by atoms with Crippen LogP contribution in [0.4, 0.5) is 5.82 Å². The van der Waals surface area contributed by atoms with Crippen LogP contribution in [0.25, 0.3) is 16.4 Å². The molecule has 0 spiro atoms. The number of nitrogens with zero attached hydrogens (tertiary/aromatic N) is 6. The molecular formula is C17H14N8O2S. The zero-order chi connectivity index (χ0) is 19.5. The van der Waals surface area contributed by atoms with E-state index in [1.165, 1.54) is 16.0 Å². The van der Waals surface area contributed by atoms with Gasteiger partial charge >= 0.3 is 0 Å². The first-order valence-corrected chi connectivity index (χ1v) is 9.01. The second kappa shape index (κ2) is 7.40. The number of aromatic nitrogens is 5. The number of hydrogen-bond donors (Lipinski definition) is 2. The molecule has 0 aliphatic heterocycles. The standard InChI is InChI=1S/C17H14N8O2S/c1-10(11-6-3-2-4-7-11)19-21-17(26)13-14(12-8-5-9-28-12)25(24-20-13)16-15(18)22-27-23-16/h2-9H,1H3,(H2,18,22)(H,21,26). The zero-order valence-corrected chi connectivity index (χ0v) is 15.4. The van der Waals surface area contributed by atoms with Crippen LogP contribution in [0.15, 0.2) is 57.6 Å². The minimum atomic E-state index is -0.514. The predicted molar refractivity (Wildman–Crippen MR) is 103 cm³/mol. The van der Waals surface area contributed by atoms with Gasteiger partial charge in [-0.1, -0.05) is 41.6 Å². The summed E-state index contributed by atoms with van der Waals surface area (Å²) in [5.74, 6) is -0.327. The summed E-state index contributed by atoms with van der Waals surface area (Å²) < 4.78 is 5.96. The number of benzene rings is 1. The Labute approximate surface area is 162 Å². The van der Waals surface area contributed by atoms with E-state index in [-0.39, 0.29) is 17.3 Å². The van der Waals surface area contributed by atoms with Crippen LogP contribution >= 0.6 is 11.3 Å². The van der Waals surface area contributed by atoms with Crippen molar-refractivity contribution < 1.29 is 9.42 Å². The van der Waals surface area contributed by atoms with E-state index in [0.29, 0.717) is 11.4 Å². The molecule has 0 aliphatic carbocycles. The maximum Gasteiger partial charge on any atom is 0.294 e. The maximum absolute atomic E-state index is 12.7. The van der Waals surface area contributed by atoms with Crippen molar-refractivity contribution in [3.63, 3.8) is 0 Å². The molecule has 0 bridgehead atoms. The Morgan fingerprint density at radius 1 is 1.21 bits per heavy atom. The third kappa shape index (κ3) is 3.25. The molecule has 11 heteroatoms. The Morgan fingerprint density at radius 2 is 2.04 bits per heavy atom. The maximum atomic E-state index is 12.7. The Bertz CT molecular complexity index is 1130. The Morgan fingerprint density at radius 3 is 2.71 bits per heavy atom. The summed E-state index contributed by atoms with van der Waals surface area (Å²) in [4.78, 5) is 13.5. The lowest BCUT2D eigenvalue weighted by atomic mass is 10.1. The molecule has 3 aromatic heterocycles. The van der Waals surface area contributed by atoms with Crippen LogP contribution < -0.4 is 11.2 Å². The highest BCUT2D eigenvalue weighted by Crippen LogP contribution is 2.29. The first-order valence-electron chi connectivity index (χ1n) is 8.13. The van der Waals surface area contributed by atoms with Gasteiger partial charge in [0.25, 0.3) is 5.91 Å². The minimum absolute atomic E-state index is 0.0348. The number of nitrogens with two attached hydrogens (primary N) is 1. The fourth-order valence-corrected chi connectivity index (χ4v) is 3.24. The topological polar surface area (TPSA) is 137 Å². The second-order valence-electron chi connectivity index (χ2n) is 5.65. The van der Waals surface area contributed by atoms with E-state index in [2.05, 4.69) is 35.8 Å². The van der Waals surface area contributed by atoms with E-state index in [4.69, 9.17) is 5.73 Å². The van der Waals surface area contributed by atoms with Gasteiger partial charge < -0.3 is 5.73 Å². The summed E-state index contributed by atoms with van der Waals surface area (Å²) in [5.41, 5.74) is 10.3. The van der Waals surface area contributed by atoms with E-state index in [1.54, 1.807) is 6.92 Å². The van der Waals surface area contributed by atoms with Gasteiger partial charge in [0.2, 0.25) is 11.6 Å². The van der Waals surface area contributed by atoms with Gasteiger partial charge in [0.15, 0.2) is 5.69 Å². The number of nitrogen functional groups attached to an aromatic ring is 1. The van der Waals surface area contributed by atoms with Gasteiger partial charge in [0.05, 0.1) is 10.6 Å². The molecule has 4 rings (SSSR count). The molecular weight excluding hydrogens is 380 g/mol. The Hall–Kier alpha value is -3.86. The van der Waals surface area contributed by atoms with Crippen molar-refractivity contribution in [2.45, 2.75) is 6.92 Å². The minimum Gasteiger partial charge on any atom is -0.378 e. The Kier molecular flexibility index (Phi) is 4.64. The Balaban J connectivity index is 1.69. The average molecular weight is 394 g/mol. The number of thiophene rings is 1.